The topological polar surface area (TPSA) is 61.0 Å². The predicted octanol–water partition coefficient (Wildman–Crippen LogP) is 2.30. The van der Waals surface area contributed by atoms with Crippen LogP contribution in [0.3, 0.4) is 0 Å². The molecule has 0 aliphatic heterocycles. The van der Waals surface area contributed by atoms with Gasteiger partial charge in [-0.1, -0.05) is 13.0 Å². The maximum atomic E-state index is 5.83. The van der Waals surface area contributed by atoms with E-state index in [9.17, 15) is 0 Å². The number of benzene rings is 1. The molecule has 88 valence electrons. The number of aromatic nitrogens is 2. The van der Waals surface area contributed by atoms with E-state index in [1.807, 2.05) is 12.1 Å². The zero-order valence-corrected chi connectivity index (χ0v) is 9.97. The van der Waals surface area contributed by atoms with E-state index in [0.717, 1.165) is 28.9 Å². The summed E-state index contributed by atoms with van der Waals surface area (Å²) in [6.45, 7) is 2.09. The molecule has 4 nitrogen and oxygen atoms in total. The number of nitrogens with two attached hydrogens (primary N) is 1. The molecule has 0 saturated heterocycles. The lowest BCUT2D eigenvalue weighted by molar-refractivity contribution is 0.410. The third kappa shape index (κ3) is 2.20. The molecule has 0 amide bonds. The van der Waals surface area contributed by atoms with Crippen molar-refractivity contribution in [2.75, 3.05) is 12.8 Å². The maximum absolute atomic E-state index is 5.83. The van der Waals surface area contributed by atoms with Crippen LogP contribution in [0.4, 0.5) is 5.82 Å². The van der Waals surface area contributed by atoms with Crippen molar-refractivity contribution in [3.63, 3.8) is 0 Å². The van der Waals surface area contributed by atoms with Gasteiger partial charge in [0.25, 0.3) is 0 Å². The number of nitrogens with zero attached hydrogens (tertiary/aromatic N) is 2. The lowest BCUT2D eigenvalue weighted by Crippen LogP contribution is -1.96. The molecule has 2 aromatic rings. The van der Waals surface area contributed by atoms with E-state index in [-0.39, 0.29) is 0 Å². The van der Waals surface area contributed by atoms with E-state index in [4.69, 9.17) is 10.5 Å². The molecule has 2 rings (SSSR count). The zero-order valence-electron chi connectivity index (χ0n) is 9.97. The van der Waals surface area contributed by atoms with Crippen molar-refractivity contribution in [1.29, 1.82) is 0 Å². The Morgan fingerprint density at radius 2 is 2.18 bits per heavy atom. The normalized spacial score (nSPS) is 10.2. The highest BCUT2D eigenvalue weighted by Gasteiger charge is 2.07. The first-order valence-electron chi connectivity index (χ1n) is 5.49. The Morgan fingerprint density at radius 1 is 1.35 bits per heavy atom. The molecule has 1 aromatic heterocycles. The standard InChI is InChI=1S/C13H15N3O/c1-3-9-6-10(4-5-12(9)17-2)11-7-15-8-16-13(11)14/h4-8H,3H2,1-2H3,(H2,14,15,16). The second-order valence-corrected chi connectivity index (χ2v) is 3.70. The Balaban J connectivity index is 2.50. The number of anilines is 1. The summed E-state index contributed by atoms with van der Waals surface area (Å²) in [4.78, 5) is 7.99. The average molecular weight is 229 g/mol. The molecule has 0 aliphatic rings. The van der Waals surface area contributed by atoms with Gasteiger partial charge in [0.15, 0.2) is 0 Å². The van der Waals surface area contributed by atoms with Gasteiger partial charge in [0, 0.05) is 11.8 Å². The van der Waals surface area contributed by atoms with Crippen molar-refractivity contribution in [3.05, 3.63) is 36.3 Å². The van der Waals surface area contributed by atoms with Crippen LogP contribution in [-0.4, -0.2) is 17.1 Å². The van der Waals surface area contributed by atoms with E-state index >= 15 is 0 Å². The number of hydrogen-bond donors (Lipinski definition) is 1. The summed E-state index contributed by atoms with van der Waals surface area (Å²) in [6, 6.07) is 5.97. The minimum absolute atomic E-state index is 0.493. The summed E-state index contributed by atoms with van der Waals surface area (Å²) in [5.41, 5.74) is 8.85. The molecule has 0 saturated carbocycles. The molecule has 1 heterocycles. The van der Waals surface area contributed by atoms with Gasteiger partial charge in [-0.2, -0.15) is 0 Å². The third-order valence-corrected chi connectivity index (χ3v) is 2.72. The monoisotopic (exact) mass is 229 g/mol. The van der Waals surface area contributed by atoms with Crippen molar-refractivity contribution < 1.29 is 4.74 Å². The van der Waals surface area contributed by atoms with Crippen LogP contribution >= 0.6 is 0 Å². The van der Waals surface area contributed by atoms with Crippen LogP contribution in [0.5, 0.6) is 5.75 Å². The fourth-order valence-electron chi connectivity index (χ4n) is 1.78. The molecule has 0 bridgehead atoms. The van der Waals surface area contributed by atoms with Gasteiger partial charge in [-0.3, -0.25) is 0 Å². The summed E-state index contributed by atoms with van der Waals surface area (Å²) >= 11 is 0. The van der Waals surface area contributed by atoms with Gasteiger partial charge in [-0.25, -0.2) is 9.97 Å². The highest BCUT2D eigenvalue weighted by Crippen LogP contribution is 2.28. The molecular weight excluding hydrogens is 214 g/mol. The van der Waals surface area contributed by atoms with E-state index < -0.39 is 0 Å². The van der Waals surface area contributed by atoms with Gasteiger partial charge in [-0.05, 0) is 29.7 Å². The Kier molecular flexibility index (Phi) is 3.23. The summed E-state index contributed by atoms with van der Waals surface area (Å²) in [5, 5.41) is 0. The first-order valence-corrected chi connectivity index (χ1v) is 5.49. The fourth-order valence-corrected chi connectivity index (χ4v) is 1.78. The van der Waals surface area contributed by atoms with Crippen molar-refractivity contribution in [2.24, 2.45) is 0 Å². The summed E-state index contributed by atoms with van der Waals surface area (Å²) < 4.78 is 5.29. The molecule has 0 spiro atoms. The largest absolute Gasteiger partial charge is 0.496 e. The molecule has 0 aliphatic carbocycles. The molecule has 0 atom stereocenters. The summed E-state index contributed by atoms with van der Waals surface area (Å²) in [5.74, 6) is 1.39. The van der Waals surface area contributed by atoms with Crippen LogP contribution in [-0.2, 0) is 6.42 Å². The average Bonchev–Trinajstić information content (AvgIpc) is 2.38. The Labute approximate surface area is 100 Å². The second-order valence-electron chi connectivity index (χ2n) is 3.70. The SMILES string of the molecule is CCc1cc(-c2cncnc2N)ccc1OC. The van der Waals surface area contributed by atoms with E-state index in [1.165, 1.54) is 6.33 Å². The van der Waals surface area contributed by atoms with Crippen molar-refractivity contribution >= 4 is 5.82 Å². The van der Waals surface area contributed by atoms with E-state index in [2.05, 4.69) is 23.0 Å². The van der Waals surface area contributed by atoms with Crippen LogP contribution in [0.25, 0.3) is 11.1 Å². The number of nitrogen functional groups attached to an aromatic ring is 1. The molecule has 17 heavy (non-hydrogen) atoms. The highest BCUT2D eigenvalue weighted by atomic mass is 16.5. The number of aryl methyl sites for hydroxylation is 1. The van der Waals surface area contributed by atoms with Crippen LogP contribution < -0.4 is 10.5 Å². The Morgan fingerprint density at radius 3 is 2.82 bits per heavy atom. The second kappa shape index (κ2) is 4.82. The molecule has 4 heteroatoms. The molecule has 1 aromatic carbocycles. The smallest absolute Gasteiger partial charge is 0.134 e. The number of hydrogen-bond acceptors (Lipinski definition) is 4. The Bertz CT molecular complexity index is 526. The van der Waals surface area contributed by atoms with Crippen LogP contribution in [0.2, 0.25) is 0 Å². The van der Waals surface area contributed by atoms with Gasteiger partial charge < -0.3 is 10.5 Å². The van der Waals surface area contributed by atoms with Gasteiger partial charge in [0.2, 0.25) is 0 Å². The van der Waals surface area contributed by atoms with Gasteiger partial charge >= 0.3 is 0 Å². The number of ether oxygens (including phenoxy) is 1. The molecule has 2 N–H and O–H groups in total. The quantitative estimate of drug-likeness (QED) is 0.877. The summed E-state index contributed by atoms with van der Waals surface area (Å²) in [6.07, 6.45) is 4.08. The molecule has 0 fully saturated rings. The van der Waals surface area contributed by atoms with Crippen LogP contribution in [0, 0.1) is 0 Å². The third-order valence-electron chi connectivity index (χ3n) is 2.72. The van der Waals surface area contributed by atoms with Gasteiger partial charge in [0.1, 0.15) is 17.9 Å². The van der Waals surface area contributed by atoms with Gasteiger partial charge in [-0.15, -0.1) is 0 Å². The first kappa shape index (κ1) is 11.4. The highest BCUT2D eigenvalue weighted by molar-refractivity contribution is 5.73. The number of methoxy groups -OCH3 is 1. The molecular formula is C13H15N3O. The maximum Gasteiger partial charge on any atom is 0.134 e. The van der Waals surface area contributed by atoms with Gasteiger partial charge in [0.05, 0.1) is 7.11 Å². The zero-order chi connectivity index (χ0) is 12.3. The van der Waals surface area contributed by atoms with Crippen LogP contribution in [0.1, 0.15) is 12.5 Å². The first-order chi connectivity index (χ1) is 8.26. The summed E-state index contributed by atoms with van der Waals surface area (Å²) in [7, 11) is 1.67. The van der Waals surface area contributed by atoms with Crippen LogP contribution in [0.15, 0.2) is 30.7 Å². The molecule has 0 unspecified atom stereocenters. The fraction of sp³-hybridized carbons (Fsp3) is 0.231. The Hall–Kier alpha value is -2.10. The predicted molar refractivity (Wildman–Crippen MR) is 67.8 cm³/mol. The van der Waals surface area contributed by atoms with Crippen molar-refractivity contribution in [1.82, 2.24) is 9.97 Å². The number of rotatable bonds is 3. The van der Waals surface area contributed by atoms with E-state index in [0.29, 0.717) is 5.82 Å². The minimum atomic E-state index is 0.493. The van der Waals surface area contributed by atoms with E-state index in [1.54, 1.807) is 13.3 Å². The van der Waals surface area contributed by atoms with Crippen molar-refractivity contribution in [2.45, 2.75) is 13.3 Å². The minimum Gasteiger partial charge on any atom is -0.496 e. The molecule has 0 radical (unpaired) electrons. The lowest BCUT2D eigenvalue weighted by atomic mass is 10.0. The van der Waals surface area contributed by atoms with Crippen molar-refractivity contribution in [3.8, 4) is 16.9 Å². The lowest BCUT2D eigenvalue weighted by Gasteiger charge is -2.10.